The number of halogens is 2. The Bertz CT molecular complexity index is 1220. The predicted molar refractivity (Wildman–Crippen MR) is 128 cm³/mol. The first-order chi connectivity index (χ1) is 15.5. The molecule has 0 fully saturated rings. The van der Waals surface area contributed by atoms with Crippen LogP contribution in [0.2, 0.25) is 10.0 Å². The van der Waals surface area contributed by atoms with Gasteiger partial charge in [0.25, 0.3) is 0 Å². The van der Waals surface area contributed by atoms with Crippen molar-refractivity contribution in [2.75, 3.05) is 4.90 Å². The van der Waals surface area contributed by atoms with E-state index in [1.807, 2.05) is 54.6 Å². The molecule has 0 radical (unpaired) electrons. The highest BCUT2D eigenvalue weighted by Crippen LogP contribution is 2.48. The number of nitrogens with zero attached hydrogens (tertiary/aromatic N) is 1. The van der Waals surface area contributed by atoms with Gasteiger partial charge in [-0.1, -0.05) is 77.8 Å². The Kier molecular flexibility index (Phi) is 5.62. The van der Waals surface area contributed by atoms with Gasteiger partial charge in [-0.25, -0.2) is 0 Å². The minimum atomic E-state index is -0.369. The lowest BCUT2D eigenvalue weighted by Crippen LogP contribution is -2.41. The van der Waals surface area contributed by atoms with Crippen molar-refractivity contribution in [1.29, 1.82) is 0 Å². The second-order valence-electron chi connectivity index (χ2n) is 8.29. The van der Waals surface area contributed by atoms with Crippen molar-refractivity contribution in [2.24, 2.45) is 0 Å². The zero-order valence-electron chi connectivity index (χ0n) is 17.3. The van der Waals surface area contributed by atoms with E-state index in [0.717, 1.165) is 22.5 Å². The summed E-state index contributed by atoms with van der Waals surface area (Å²) in [5.41, 5.74) is 4.15. The fourth-order valence-corrected chi connectivity index (χ4v) is 5.46. The van der Waals surface area contributed by atoms with Gasteiger partial charge >= 0.3 is 0 Å². The maximum Gasteiger partial charge on any atom is 0.232 e. The average molecular weight is 462 g/mol. The highest BCUT2D eigenvalue weighted by atomic mass is 35.5. The summed E-state index contributed by atoms with van der Waals surface area (Å²) in [4.78, 5) is 28.8. The minimum Gasteiger partial charge on any atom is -0.294 e. The summed E-state index contributed by atoms with van der Waals surface area (Å²) >= 11 is 12.6. The van der Waals surface area contributed by atoms with Crippen LogP contribution in [0.3, 0.4) is 0 Å². The molecular weight excluding hydrogens is 441 g/mol. The van der Waals surface area contributed by atoms with Crippen LogP contribution in [-0.2, 0) is 9.59 Å². The molecule has 0 spiro atoms. The van der Waals surface area contributed by atoms with Gasteiger partial charge in [0, 0.05) is 45.8 Å². The predicted octanol–water partition coefficient (Wildman–Crippen LogP) is 6.91. The summed E-state index contributed by atoms with van der Waals surface area (Å²) in [6.45, 7) is 0. The highest BCUT2D eigenvalue weighted by Gasteiger charge is 2.42. The molecule has 5 rings (SSSR count). The third-order valence-electron chi connectivity index (χ3n) is 6.35. The summed E-state index contributed by atoms with van der Waals surface area (Å²) in [5.74, 6) is -0.301. The van der Waals surface area contributed by atoms with Crippen LogP contribution in [0, 0.1) is 0 Å². The Morgan fingerprint density at radius 3 is 2.16 bits per heavy atom. The van der Waals surface area contributed by atoms with E-state index in [1.165, 1.54) is 0 Å². The molecule has 2 aliphatic rings. The third-order valence-corrected chi connectivity index (χ3v) is 6.92. The Labute approximate surface area is 197 Å². The zero-order valence-corrected chi connectivity index (χ0v) is 18.8. The number of hydrogen-bond donors (Lipinski definition) is 0. The maximum atomic E-state index is 13.6. The molecule has 1 amide bonds. The first-order valence-electron chi connectivity index (χ1n) is 10.7. The van der Waals surface area contributed by atoms with Crippen molar-refractivity contribution < 1.29 is 9.59 Å². The van der Waals surface area contributed by atoms with E-state index in [-0.39, 0.29) is 29.9 Å². The van der Waals surface area contributed by atoms with Crippen LogP contribution < -0.4 is 4.90 Å². The standard InChI is InChI=1S/C27H21Cl2NO2/c28-19-11-12-21(23(29)15-19)22-16-26(32)30(20-9-5-2-6-10-20)24-13-18(14-25(31)27(22)24)17-7-3-1-4-8-17/h1-12,15,18,22H,13-14,16H2. The molecule has 1 aliphatic heterocycles. The number of para-hydroxylation sites is 1. The molecule has 0 N–H and O–H groups in total. The van der Waals surface area contributed by atoms with Crippen LogP contribution >= 0.6 is 23.2 Å². The summed E-state index contributed by atoms with van der Waals surface area (Å²) in [6.07, 6.45) is 1.23. The lowest BCUT2D eigenvalue weighted by Gasteiger charge is -2.40. The zero-order chi connectivity index (χ0) is 22.2. The molecule has 1 aliphatic carbocycles. The SMILES string of the molecule is O=C1CC(c2ccccc2)CC2=C1C(c1ccc(Cl)cc1Cl)CC(=O)N2c1ccccc1. The molecule has 2 atom stereocenters. The number of amides is 1. The van der Waals surface area contributed by atoms with Crippen LogP contribution in [0.15, 0.2) is 90.1 Å². The molecule has 0 aromatic heterocycles. The average Bonchev–Trinajstić information content (AvgIpc) is 2.79. The molecule has 3 aromatic carbocycles. The van der Waals surface area contributed by atoms with Crippen LogP contribution in [0.5, 0.6) is 0 Å². The monoisotopic (exact) mass is 461 g/mol. The van der Waals surface area contributed by atoms with E-state index in [0.29, 0.717) is 28.5 Å². The number of hydrogen-bond acceptors (Lipinski definition) is 2. The Morgan fingerprint density at radius 2 is 1.47 bits per heavy atom. The van der Waals surface area contributed by atoms with E-state index in [9.17, 15) is 9.59 Å². The van der Waals surface area contributed by atoms with Gasteiger partial charge in [0.1, 0.15) is 0 Å². The van der Waals surface area contributed by atoms with Gasteiger partial charge in [-0.2, -0.15) is 0 Å². The van der Waals surface area contributed by atoms with Crippen molar-refractivity contribution in [2.45, 2.75) is 31.1 Å². The Balaban J connectivity index is 1.67. The molecule has 3 nitrogen and oxygen atoms in total. The normalized spacial score (nSPS) is 21.0. The van der Waals surface area contributed by atoms with Gasteiger partial charge in [-0.05, 0) is 47.7 Å². The molecule has 5 heteroatoms. The number of benzene rings is 3. The number of carbonyl (C=O) groups excluding carboxylic acids is 2. The molecule has 0 bridgehead atoms. The fraction of sp³-hybridized carbons (Fsp3) is 0.185. The van der Waals surface area contributed by atoms with Gasteiger partial charge in [-0.3, -0.25) is 14.5 Å². The number of Topliss-reactive ketones (excluding diaryl/α,β-unsaturated/α-hetero) is 1. The largest absolute Gasteiger partial charge is 0.294 e. The van der Waals surface area contributed by atoms with Crippen molar-refractivity contribution in [3.63, 3.8) is 0 Å². The first-order valence-corrected chi connectivity index (χ1v) is 11.4. The van der Waals surface area contributed by atoms with Crippen molar-refractivity contribution in [3.05, 3.63) is 111 Å². The first kappa shape index (κ1) is 21.0. The third kappa shape index (κ3) is 3.76. The molecule has 32 heavy (non-hydrogen) atoms. The summed E-state index contributed by atoms with van der Waals surface area (Å²) in [7, 11) is 0. The second-order valence-corrected chi connectivity index (χ2v) is 9.13. The minimum absolute atomic E-state index is 0.0286. The van der Waals surface area contributed by atoms with Gasteiger partial charge in [-0.15, -0.1) is 0 Å². The molecule has 3 aromatic rings. The van der Waals surface area contributed by atoms with Crippen molar-refractivity contribution in [3.8, 4) is 0 Å². The lowest BCUT2D eigenvalue weighted by atomic mass is 9.72. The maximum absolute atomic E-state index is 13.6. The molecule has 1 heterocycles. The van der Waals surface area contributed by atoms with Gasteiger partial charge < -0.3 is 0 Å². The van der Waals surface area contributed by atoms with Crippen LogP contribution in [0.4, 0.5) is 5.69 Å². The Morgan fingerprint density at radius 1 is 0.781 bits per heavy atom. The van der Waals surface area contributed by atoms with E-state index >= 15 is 0 Å². The molecule has 2 unspecified atom stereocenters. The molecular formula is C27H21Cl2NO2. The number of rotatable bonds is 3. The lowest BCUT2D eigenvalue weighted by molar-refractivity contribution is -0.120. The summed E-state index contributed by atoms with van der Waals surface area (Å²) < 4.78 is 0. The van der Waals surface area contributed by atoms with Gasteiger partial charge in [0.15, 0.2) is 5.78 Å². The summed E-state index contributed by atoms with van der Waals surface area (Å²) in [6, 6.07) is 24.9. The number of anilines is 1. The van der Waals surface area contributed by atoms with E-state index < -0.39 is 0 Å². The van der Waals surface area contributed by atoms with E-state index in [2.05, 4.69) is 12.1 Å². The second kappa shape index (κ2) is 8.57. The van der Waals surface area contributed by atoms with Crippen LogP contribution in [0.25, 0.3) is 0 Å². The van der Waals surface area contributed by atoms with Gasteiger partial charge in [0.05, 0.1) is 0 Å². The quantitative estimate of drug-likeness (QED) is 0.424. The molecule has 0 saturated carbocycles. The van der Waals surface area contributed by atoms with Crippen LogP contribution in [0.1, 0.15) is 42.2 Å². The van der Waals surface area contributed by atoms with Crippen molar-refractivity contribution in [1.82, 2.24) is 0 Å². The highest BCUT2D eigenvalue weighted by molar-refractivity contribution is 6.35. The van der Waals surface area contributed by atoms with Crippen LogP contribution in [-0.4, -0.2) is 11.7 Å². The summed E-state index contributed by atoms with van der Waals surface area (Å²) in [5, 5.41) is 1.01. The van der Waals surface area contributed by atoms with E-state index in [1.54, 1.807) is 17.0 Å². The number of ketones is 1. The van der Waals surface area contributed by atoms with E-state index in [4.69, 9.17) is 23.2 Å². The smallest absolute Gasteiger partial charge is 0.232 e. The number of allylic oxidation sites excluding steroid dienone is 2. The molecule has 160 valence electrons. The molecule has 0 saturated heterocycles. The Hall–Kier alpha value is -2.88. The topological polar surface area (TPSA) is 37.4 Å². The fourth-order valence-electron chi connectivity index (χ4n) is 4.92. The van der Waals surface area contributed by atoms with Gasteiger partial charge in [0.2, 0.25) is 5.91 Å². The number of carbonyl (C=O) groups is 2. The van der Waals surface area contributed by atoms with Crippen molar-refractivity contribution >= 4 is 40.6 Å².